The average Bonchev–Trinajstić information content (AvgIpc) is 3.13. The quantitative estimate of drug-likeness (QED) is 0.433. The molecule has 4 aromatic rings. The summed E-state index contributed by atoms with van der Waals surface area (Å²) in [6.07, 6.45) is 1.51. The lowest BCUT2D eigenvalue weighted by Gasteiger charge is -2.12. The molecule has 0 aliphatic rings. The highest BCUT2D eigenvalue weighted by Crippen LogP contribution is 2.32. The first-order chi connectivity index (χ1) is 15.3. The van der Waals surface area contributed by atoms with Crippen LogP contribution in [0.1, 0.15) is 6.92 Å². The van der Waals surface area contributed by atoms with Gasteiger partial charge in [0.15, 0.2) is 17.2 Å². The molecule has 0 bridgehead atoms. The van der Waals surface area contributed by atoms with Gasteiger partial charge in [0.05, 0.1) is 22.6 Å². The van der Waals surface area contributed by atoms with E-state index in [0.717, 1.165) is 12.1 Å². The Labute approximate surface area is 182 Å². The lowest BCUT2D eigenvalue weighted by molar-refractivity contribution is -0.0521. The molecule has 0 saturated heterocycles. The Hall–Kier alpha value is -3.60. The van der Waals surface area contributed by atoms with Crippen LogP contribution in [-0.4, -0.2) is 27.3 Å². The minimum atomic E-state index is -3.19. The smallest absolute Gasteiger partial charge is 0.387 e. The van der Waals surface area contributed by atoms with Crippen LogP contribution in [0.5, 0.6) is 10.9 Å². The Morgan fingerprint density at radius 2 is 1.94 bits per heavy atom. The van der Waals surface area contributed by atoms with Gasteiger partial charge >= 0.3 is 6.61 Å². The zero-order chi connectivity index (χ0) is 23.0. The van der Waals surface area contributed by atoms with Gasteiger partial charge in [-0.1, -0.05) is 11.3 Å². The molecule has 0 saturated carbocycles. The molecule has 0 atom stereocenters. The molecule has 0 unspecified atom stereocenters. The van der Waals surface area contributed by atoms with Crippen molar-refractivity contribution in [3.05, 3.63) is 69.1 Å². The molecule has 0 radical (unpaired) electrons. The lowest BCUT2D eigenvalue weighted by atomic mass is 10.1. The fourth-order valence-corrected chi connectivity index (χ4v) is 4.07. The van der Waals surface area contributed by atoms with Crippen molar-refractivity contribution in [1.82, 2.24) is 14.1 Å². The van der Waals surface area contributed by atoms with Crippen molar-refractivity contribution in [3.63, 3.8) is 0 Å². The molecule has 3 heterocycles. The number of hydrogen-bond acceptors (Lipinski definition) is 6. The Morgan fingerprint density at radius 3 is 2.59 bits per heavy atom. The molecule has 7 nitrogen and oxygen atoms in total. The number of aryl methyl sites for hydroxylation is 1. The summed E-state index contributed by atoms with van der Waals surface area (Å²) >= 11 is 1.19. The minimum absolute atomic E-state index is 0.0686. The number of rotatable bonds is 6. The van der Waals surface area contributed by atoms with Gasteiger partial charge in [-0.25, -0.2) is 4.39 Å². The molecule has 4 rings (SSSR count). The zero-order valence-electron chi connectivity index (χ0n) is 16.8. The predicted octanol–water partition coefficient (Wildman–Crippen LogP) is 3.95. The average molecular weight is 463 g/mol. The number of alkyl halides is 2. The monoisotopic (exact) mass is 463 g/mol. The number of hydrogen-bond donors (Lipinski definition) is 0. The van der Waals surface area contributed by atoms with Crippen LogP contribution < -0.4 is 20.6 Å². The maximum absolute atomic E-state index is 14.4. The summed E-state index contributed by atoms with van der Waals surface area (Å²) in [5.41, 5.74) is 0.220. The highest BCUT2D eigenvalue weighted by molar-refractivity contribution is 7.20. The third-order valence-electron chi connectivity index (χ3n) is 4.59. The second-order valence-electron chi connectivity index (χ2n) is 6.66. The molecule has 3 aromatic heterocycles. The summed E-state index contributed by atoms with van der Waals surface area (Å²) in [7, 11) is 1.56. The van der Waals surface area contributed by atoms with Gasteiger partial charge in [-0.3, -0.25) is 14.2 Å². The second kappa shape index (κ2) is 8.50. The van der Waals surface area contributed by atoms with Gasteiger partial charge in [0.1, 0.15) is 0 Å². The maximum atomic E-state index is 14.4. The van der Waals surface area contributed by atoms with Crippen molar-refractivity contribution < 1.29 is 22.6 Å². The number of fused-ring (bicyclic) bond motifs is 1. The first kappa shape index (κ1) is 21.6. The number of thiazole rings is 1. The normalized spacial score (nSPS) is 11.3. The van der Waals surface area contributed by atoms with Crippen LogP contribution in [0.25, 0.3) is 27.2 Å². The van der Waals surface area contributed by atoms with Gasteiger partial charge in [0, 0.05) is 30.9 Å². The number of halogens is 3. The molecule has 0 fully saturated rings. The lowest BCUT2D eigenvalue weighted by Crippen LogP contribution is -2.22. The molecule has 1 aromatic carbocycles. The molecular formula is C21H16F3N3O4S. The summed E-state index contributed by atoms with van der Waals surface area (Å²) in [5, 5.41) is 0.311. The number of aromatic nitrogens is 3. The van der Waals surface area contributed by atoms with Crippen molar-refractivity contribution in [3.8, 4) is 27.8 Å². The Kier molecular flexibility index (Phi) is 5.74. The maximum Gasteiger partial charge on any atom is 0.387 e. The zero-order valence-corrected chi connectivity index (χ0v) is 17.7. The van der Waals surface area contributed by atoms with E-state index in [1.165, 1.54) is 44.9 Å². The van der Waals surface area contributed by atoms with Gasteiger partial charge < -0.3 is 14.0 Å². The van der Waals surface area contributed by atoms with E-state index in [4.69, 9.17) is 4.74 Å². The molecular weight excluding hydrogens is 447 g/mol. The Bertz CT molecular complexity index is 1430. The van der Waals surface area contributed by atoms with E-state index < -0.39 is 23.7 Å². The molecule has 11 heteroatoms. The van der Waals surface area contributed by atoms with E-state index in [-0.39, 0.29) is 22.5 Å². The van der Waals surface area contributed by atoms with Gasteiger partial charge in [-0.05, 0) is 31.2 Å². The van der Waals surface area contributed by atoms with Crippen molar-refractivity contribution >= 4 is 21.7 Å². The summed E-state index contributed by atoms with van der Waals surface area (Å²) < 4.78 is 52.1. The van der Waals surface area contributed by atoms with Gasteiger partial charge in [0.2, 0.25) is 5.56 Å². The first-order valence-electron chi connectivity index (χ1n) is 9.39. The molecule has 0 amide bonds. The summed E-state index contributed by atoms with van der Waals surface area (Å²) in [6, 6.07) is 7.69. The van der Waals surface area contributed by atoms with Gasteiger partial charge in [-0.15, -0.1) is 0 Å². The third-order valence-corrected chi connectivity index (χ3v) is 5.49. The van der Waals surface area contributed by atoms with Crippen molar-refractivity contribution in [1.29, 1.82) is 0 Å². The number of benzene rings is 1. The fourth-order valence-electron chi connectivity index (χ4n) is 3.17. The topological polar surface area (TPSA) is 75.4 Å². The minimum Gasteiger partial charge on any atom is -0.470 e. The second-order valence-corrected chi connectivity index (χ2v) is 7.65. The van der Waals surface area contributed by atoms with E-state index in [0.29, 0.717) is 22.1 Å². The number of ether oxygens (including phenoxy) is 2. The summed E-state index contributed by atoms with van der Waals surface area (Å²) in [6.45, 7) is -1.05. The van der Waals surface area contributed by atoms with E-state index >= 15 is 0 Å². The van der Waals surface area contributed by atoms with Crippen LogP contribution in [0.15, 0.2) is 52.2 Å². The van der Waals surface area contributed by atoms with Gasteiger partial charge in [0.25, 0.3) is 10.8 Å². The molecule has 32 heavy (non-hydrogen) atoms. The molecule has 0 N–H and O–H groups in total. The summed E-state index contributed by atoms with van der Waals surface area (Å²) in [4.78, 5) is 29.5. The highest BCUT2D eigenvalue weighted by atomic mass is 32.1. The van der Waals surface area contributed by atoms with E-state index in [1.54, 1.807) is 20.0 Å². The summed E-state index contributed by atoms with van der Waals surface area (Å²) in [5.74, 6) is -1.70. The van der Waals surface area contributed by atoms with Crippen LogP contribution in [0.3, 0.4) is 0 Å². The highest BCUT2D eigenvalue weighted by Gasteiger charge is 2.19. The standard InChI is InChI=1S/C21H16F3N3O4S/c1-3-30-21-25-18-16(32-21)9-13(11-4-7-17(28)26(2)10-11)19(29)27(18)12-5-6-15(14(22)8-12)31-20(23)24/h4-10,20H,3H2,1-2H3. The molecule has 0 aliphatic carbocycles. The van der Waals surface area contributed by atoms with Crippen molar-refractivity contribution in [2.75, 3.05) is 6.61 Å². The van der Waals surface area contributed by atoms with Crippen molar-refractivity contribution in [2.45, 2.75) is 13.5 Å². The van der Waals surface area contributed by atoms with Crippen molar-refractivity contribution in [2.24, 2.45) is 7.05 Å². The SMILES string of the molecule is CCOc1nc2c(cc(-c3ccc(=O)n(C)c3)c(=O)n2-c2ccc(OC(F)F)c(F)c2)s1. The van der Waals surface area contributed by atoms with Crippen LogP contribution in [-0.2, 0) is 7.05 Å². The van der Waals surface area contributed by atoms with Crippen LogP contribution >= 0.6 is 11.3 Å². The van der Waals surface area contributed by atoms with Gasteiger partial charge in [-0.2, -0.15) is 13.8 Å². The first-order valence-corrected chi connectivity index (χ1v) is 10.2. The fraction of sp³-hybridized carbons (Fsp3) is 0.190. The van der Waals surface area contributed by atoms with E-state index in [1.807, 2.05) is 0 Å². The largest absolute Gasteiger partial charge is 0.470 e. The third kappa shape index (κ3) is 3.98. The van der Waals surface area contributed by atoms with E-state index in [9.17, 15) is 22.8 Å². The Morgan fingerprint density at radius 1 is 1.16 bits per heavy atom. The van der Waals surface area contributed by atoms with Crippen LogP contribution in [0.4, 0.5) is 13.2 Å². The van der Waals surface area contributed by atoms with Crippen LogP contribution in [0, 0.1) is 5.82 Å². The predicted molar refractivity (Wildman–Crippen MR) is 114 cm³/mol. The molecule has 0 aliphatic heterocycles. The van der Waals surface area contributed by atoms with Crippen LogP contribution in [0.2, 0.25) is 0 Å². The van der Waals surface area contributed by atoms with E-state index in [2.05, 4.69) is 9.72 Å². The Balaban J connectivity index is 1.98. The molecule has 0 spiro atoms. The number of pyridine rings is 2. The number of nitrogens with zero attached hydrogens (tertiary/aromatic N) is 3. The molecule has 166 valence electrons.